The molecule has 1 saturated carbocycles. The number of hydrogen-bond acceptors (Lipinski definition) is 2. The molecule has 2 nitrogen and oxygen atoms in total. The molecule has 0 radical (unpaired) electrons. The van der Waals surface area contributed by atoms with E-state index in [2.05, 4.69) is 24.5 Å². The Kier molecular flexibility index (Phi) is 3.24. The van der Waals surface area contributed by atoms with E-state index in [0.29, 0.717) is 0 Å². The number of hydrogen-bond donors (Lipinski definition) is 2. The van der Waals surface area contributed by atoms with Crippen LogP contribution >= 0.6 is 0 Å². The predicted octanol–water partition coefficient (Wildman–Crippen LogP) is 1.68. The lowest BCUT2D eigenvalue weighted by atomic mass is 10.0. The molecule has 0 spiro atoms. The van der Waals surface area contributed by atoms with E-state index in [1.165, 1.54) is 19.3 Å². The molecule has 0 aromatic heterocycles. The lowest BCUT2D eigenvalue weighted by molar-refractivity contribution is 0.605. The van der Waals surface area contributed by atoms with E-state index in [4.69, 9.17) is 0 Å². The van der Waals surface area contributed by atoms with Crippen molar-refractivity contribution in [2.45, 2.75) is 39.2 Å². The first-order valence-electron chi connectivity index (χ1n) is 5.93. The van der Waals surface area contributed by atoms with Crippen molar-refractivity contribution in [3.8, 4) is 0 Å². The zero-order valence-corrected chi connectivity index (χ0v) is 9.40. The van der Waals surface area contributed by atoms with Crippen LogP contribution in [0.2, 0.25) is 0 Å². The third kappa shape index (κ3) is 2.37. The topological polar surface area (TPSA) is 24.1 Å². The van der Waals surface area contributed by atoms with Crippen molar-refractivity contribution in [2.75, 3.05) is 19.6 Å². The summed E-state index contributed by atoms with van der Waals surface area (Å²) in [6.45, 7) is 7.90. The molecule has 1 aliphatic carbocycles. The van der Waals surface area contributed by atoms with Gasteiger partial charge in [-0.3, -0.25) is 0 Å². The van der Waals surface area contributed by atoms with E-state index in [9.17, 15) is 0 Å². The van der Waals surface area contributed by atoms with Gasteiger partial charge >= 0.3 is 0 Å². The smallest absolute Gasteiger partial charge is 0.0183 e. The molecule has 1 saturated heterocycles. The second kappa shape index (κ2) is 4.45. The van der Waals surface area contributed by atoms with Gasteiger partial charge in [0, 0.05) is 25.7 Å². The molecular weight excluding hydrogens is 172 g/mol. The Labute approximate surface area is 87.2 Å². The van der Waals surface area contributed by atoms with Gasteiger partial charge in [-0.15, -0.1) is 0 Å². The average Bonchev–Trinajstić information content (AvgIpc) is 2.78. The zero-order chi connectivity index (χ0) is 9.97. The summed E-state index contributed by atoms with van der Waals surface area (Å²) in [6.07, 6.45) is 4.16. The van der Waals surface area contributed by atoms with Crippen LogP contribution in [-0.2, 0) is 0 Å². The Morgan fingerprint density at radius 1 is 1.50 bits per heavy atom. The SMILES string of the molecule is CCCC1CC1NCC(C)=C1CNC1. The summed E-state index contributed by atoms with van der Waals surface area (Å²) in [4.78, 5) is 0. The Balaban J connectivity index is 1.64. The van der Waals surface area contributed by atoms with Crippen molar-refractivity contribution in [3.05, 3.63) is 11.1 Å². The van der Waals surface area contributed by atoms with Gasteiger partial charge < -0.3 is 10.6 Å². The molecule has 2 atom stereocenters. The fourth-order valence-electron chi connectivity index (χ4n) is 2.15. The van der Waals surface area contributed by atoms with Crippen LogP contribution in [0.3, 0.4) is 0 Å². The summed E-state index contributed by atoms with van der Waals surface area (Å²) in [5.74, 6) is 0.984. The number of nitrogens with one attached hydrogen (secondary N) is 2. The van der Waals surface area contributed by atoms with E-state index < -0.39 is 0 Å². The number of rotatable bonds is 5. The van der Waals surface area contributed by atoms with Gasteiger partial charge in [0.25, 0.3) is 0 Å². The van der Waals surface area contributed by atoms with Crippen LogP contribution in [0.25, 0.3) is 0 Å². The van der Waals surface area contributed by atoms with Crippen LogP contribution in [-0.4, -0.2) is 25.7 Å². The minimum Gasteiger partial charge on any atom is -0.310 e. The average molecular weight is 194 g/mol. The largest absolute Gasteiger partial charge is 0.310 e. The van der Waals surface area contributed by atoms with Crippen LogP contribution in [0.4, 0.5) is 0 Å². The van der Waals surface area contributed by atoms with Crippen LogP contribution in [0.15, 0.2) is 11.1 Å². The molecule has 2 heteroatoms. The summed E-state index contributed by atoms with van der Waals surface area (Å²) in [6, 6.07) is 0.832. The molecule has 2 N–H and O–H groups in total. The standard InChI is InChI=1S/C12H22N2/c1-3-4-10-5-12(10)14-6-9(2)11-7-13-8-11/h10,12-14H,3-8H2,1-2H3. The van der Waals surface area contributed by atoms with Gasteiger partial charge in [-0.05, 0) is 31.3 Å². The molecule has 0 amide bonds. The van der Waals surface area contributed by atoms with Gasteiger partial charge in [0.2, 0.25) is 0 Å². The van der Waals surface area contributed by atoms with Gasteiger partial charge in [-0.1, -0.05) is 18.9 Å². The normalized spacial score (nSPS) is 30.0. The van der Waals surface area contributed by atoms with Crippen LogP contribution in [0, 0.1) is 5.92 Å². The molecule has 1 heterocycles. The van der Waals surface area contributed by atoms with Crippen molar-refractivity contribution < 1.29 is 0 Å². The summed E-state index contributed by atoms with van der Waals surface area (Å²) < 4.78 is 0. The molecule has 2 unspecified atom stereocenters. The fraction of sp³-hybridized carbons (Fsp3) is 0.833. The highest BCUT2D eigenvalue weighted by atomic mass is 15.0. The summed E-state index contributed by atoms with van der Waals surface area (Å²) in [7, 11) is 0. The lowest BCUT2D eigenvalue weighted by Gasteiger charge is -2.22. The lowest BCUT2D eigenvalue weighted by Crippen LogP contribution is -2.36. The fourth-order valence-corrected chi connectivity index (χ4v) is 2.15. The second-order valence-corrected chi connectivity index (χ2v) is 4.76. The van der Waals surface area contributed by atoms with Crippen molar-refractivity contribution in [3.63, 3.8) is 0 Å². The first-order chi connectivity index (χ1) is 6.81. The van der Waals surface area contributed by atoms with E-state index >= 15 is 0 Å². The van der Waals surface area contributed by atoms with E-state index in [0.717, 1.165) is 31.6 Å². The minimum absolute atomic E-state index is 0.832. The van der Waals surface area contributed by atoms with Crippen molar-refractivity contribution >= 4 is 0 Å². The van der Waals surface area contributed by atoms with Crippen LogP contribution in [0.5, 0.6) is 0 Å². The summed E-state index contributed by atoms with van der Waals surface area (Å²) in [5, 5.41) is 6.94. The van der Waals surface area contributed by atoms with Gasteiger partial charge in [-0.2, -0.15) is 0 Å². The Morgan fingerprint density at radius 2 is 2.29 bits per heavy atom. The monoisotopic (exact) mass is 194 g/mol. The summed E-state index contributed by atoms with van der Waals surface area (Å²) in [5.41, 5.74) is 3.18. The van der Waals surface area contributed by atoms with E-state index in [-0.39, 0.29) is 0 Å². The Morgan fingerprint density at radius 3 is 2.86 bits per heavy atom. The molecule has 0 aromatic carbocycles. The van der Waals surface area contributed by atoms with Crippen LogP contribution in [0.1, 0.15) is 33.1 Å². The Bertz CT molecular complexity index is 226. The van der Waals surface area contributed by atoms with E-state index in [1.807, 2.05) is 0 Å². The maximum absolute atomic E-state index is 3.65. The molecule has 14 heavy (non-hydrogen) atoms. The molecule has 2 rings (SSSR count). The maximum Gasteiger partial charge on any atom is 0.0183 e. The highest BCUT2D eigenvalue weighted by Crippen LogP contribution is 2.34. The predicted molar refractivity (Wildman–Crippen MR) is 60.4 cm³/mol. The first-order valence-corrected chi connectivity index (χ1v) is 5.93. The van der Waals surface area contributed by atoms with Gasteiger partial charge in [0.1, 0.15) is 0 Å². The van der Waals surface area contributed by atoms with Crippen LogP contribution < -0.4 is 10.6 Å². The van der Waals surface area contributed by atoms with Gasteiger partial charge in [-0.25, -0.2) is 0 Å². The molecule has 2 fully saturated rings. The van der Waals surface area contributed by atoms with E-state index in [1.54, 1.807) is 11.1 Å². The van der Waals surface area contributed by atoms with Gasteiger partial charge in [0.15, 0.2) is 0 Å². The maximum atomic E-state index is 3.65. The third-order valence-corrected chi connectivity index (χ3v) is 3.49. The molecule has 1 aliphatic heterocycles. The highest BCUT2D eigenvalue weighted by Gasteiger charge is 2.35. The van der Waals surface area contributed by atoms with Crippen molar-refractivity contribution in [1.29, 1.82) is 0 Å². The molecule has 80 valence electrons. The summed E-state index contributed by atoms with van der Waals surface area (Å²) >= 11 is 0. The molecule has 0 aromatic rings. The van der Waals surface area contributed by atoms with Crippen molar-refractivity contribution in [2.24, 2.45) is 5.92 Å². The van der Waals surface area contributed by atoms with Gasteiger partial charge in [0.05, 0.1) is 0 Å². The molecular formula is C12H22N2. The molecule has 0 bridgehead atoms. The third-order valence-electron chi connectivity index (χ3n) is 3.49. The molecule has 2 aliphatic rings. The second-order valence-electron chi connectivity index (χ2n) is 4.76. The minimum atomic E-state index is 0.832. The quantitative estimate of drug-likeness (QED) is 0.651. The highest BCUT2D eigenvalue weighted by molar-refractivity contribution is 5.22. The first kappa shape index (κ1) is 10.2. The zero-order valence-electron chi connectivity index (χ0n) is 9.40. The Hall–Kier alpha value is -0.340. The van der Waals surface area contributed by atoms with Crippen molar-refractivity contribution in [1.82, 2.24) is 10.6 Å².